The highest BCUT2D eigenvalue weighted by Gasteiger charge is 2.16. The fraction of sp³-hybridized carbons (Fsp3) is 0.538. The van der Waals surface area contributed by atoms with Crippen LogP contribution in [0.2, 0.25) is 5.02 Å². The Bertz CT molecular complexity index is 350. The van der Waals surface area contributed by atoms with Gasteiger partial charge in [-0.15, -0.1) is 0 Å². The van der Waals surface area contributed by atoms with E-state index in [1.165, 1.54) is 0 Å². The number of hydrogen-bond donors (Lipinski definition) is 1. The average molecular weight is 241 g/mol. The van der Waals surface area contributed by atoms with Crippen LogP contribution < -0.4 is 10.6 Å². The lowest BCUT2D eigenvalue weighted by atomic mass is 10.0. The Labute approximate surface area is 103 Å². The van der Waals surface area contributed by atoms with Crippen molar-refractivity contribution >= 4 is 17.3 Å². The van der Waals surface area contributed by atoms with Gasteiger partial charge in [0.05, 0.1) is 0 Å². The number of nitrogens with zero attached hydrogens (tertiary/aromatic N) is 1. The van der Waals surface area contributed by atoms with Gasteiger partial charge in [0.15, 0.2) is 0 Å². The summed E-state index contributed by atoms with van der Waals surface area (Å²) in [5, 5.41) is 0.759. The Kier molecular flexibility index (Phi) is 4.63. The van der Waals surface area contributed by atoms with Crippen LogP contribution >= 0.6 is 11.6 Å². The Hall–Kier alpha value is -0.730. The molecule has 0 saturated carbocycles. The maximum absolute atomic E-state index is 6.03. The van der Waals surface area contributed by atoms with E-state index in [9.17, 15) is 0 Å². The zero-order valence-electron chi connectivity index (χ0n) is 10.5. The quantitative estimate of drug-likeness (QED) is 0.875. The fourth-order valence-corrected chi connectivity index (χ4v) is 1.87. The first-order valence-corrected chi connectivity index (χ1v) is 6.06. The van der Waals surface area contributed by atoms with Gasteiger partial charge in [0, 0.05) is 30.3 Å². The Balaban J connectivity index is 3.05. The molecule has 1 rings (SSSR count). The lowest BCUT2D eigenvalue weighted by Crippen LogP contribution is -2.34. The Morgan fingerprint density at radius 3 is 2.44 bits per heavy atom. The van der Waals surface area contributed by atoms with E-state index in [1.54, 1.807) is 0 Å². The van der Waals surface area contributed by atoms with E-state index >= 15 is 0 Å². The molecule has 0 fully saturated rings. The first-order valence-electron chi connectivity index (χ1n) is 5.68. The highest BCUT2D eigenvalue weighted by Crippen LogP contribution is 2.26. The van der Waals surface area contributed by atoms with E-state index in [0.29, 0.717) is 18.5 Å². The fourth-order valence-electron chi connectivity index (χ4n) is 1.70. The predicted molar refractivity (Wildman–Crippen MR) is 72.0 cm³/mol. The highest BCUT2D eigenvalue weighted by atomic mass is 35.5. The largest absolute Gasteiger partial charge is 0.371 e. The van der Waals surface area contributed by atoms with Crippen LogP contribution in [0.15, 0.2) is 18.2 Å². The summed E-state index contributed by atoms with van der Waals surface area (Å²) in [6, 6.07) is 6.34. The summed E-state index contributed by atoms with van der Waals surface area (Å²) in [6.07, 6.45) is 0. The van der Waals surface area contributed by atoms with Gasteiger partial charge in [-0.3, -0.25) is 0 Å². The molecule has 3 heteroatoms. The second kappa shape index (κ2) is 5.55. The second-order valence-corrected chi connectivity index (χ2v) is 5.01. The molecule has 1 atom stereocenters. The third-order valence-corrected chi connectivity index (χ3v) is 3.46. The summed E-state index contributed by atoms with van der Waals surface area (Å²) in [5.74, 6) is 0.592. The van der Waals surface area contributed by atoms with Crippen molar-refractivity contribution in [2.24, 2.45) is 11.7 Å². The summed E-state index contributed by atoms with van der Waals surface area (Å²) in [5.41, 5.74) is 8.02. The molecular formula is C13H21ClN2. The molecule has 0 radical (unpaired) electrons. The smallest absolute Gasteiger partial charge is 0.0426 e. The van der Waals surface area contributed by atoms with Crippen molar-refractivity contribution in [2.45, 2.75) is 33.4 Å². The van der Waals surface area contributed by atoms with Crippen LogP contribution in [0, 0.1) is 5.92 Å². The van der Waals surface area contributed by atoms with Crippen LogP contribution in [0.1, 0.15) is 26.3 Å². The van der Waals surface area contributed by atoms with Gasteiger partial charge in [-0.1, -0.05) is 31.5 Å². The highest BCUT2D eigenvalue weighted by molar-refractivity contribution is 6.30. The summed E-state index contributed by atoms with van der Waals surface area (Å²) >= 11 is 6.03. The van der Waals surface area contributed by atoms with E-state index in [0.717, 1.165) is 16.3 Å². The minimum Gasteiger partial charge on any atom is -0.371 e. The Morgan fingerprint density at radius 1 is 1.31 bits per heavy atom. The molecular weight excluding hydrogens is 220 g/mol. The van der Waals surface area contributed by atoms with Gasteiger partial charge in [0.2, 0.25) is 0 Å². The SMILES string of the molecule is CC(C)C(C)N(C)c1cc(Cl)ccc1CN. The summed E-state index contributed by atoms with van der Waals surface area (Å²) in [6.45, 7) is 7.19. The number of halogens is 1. The normalized spacial score (nSPS) is 12.9. The van der Waals surface area contributed by atoms with Crippen LogP contribution in [0.3, 0.4) is 0 Å². The number of benzene rings is 1. The topological polar surface area (TPSA) is 29.3 Å². The van der Waals surface area contributed by atoms with Crippen LogP contribution in [-0.4, -0.2) is 13.1 Å². The van der Waals surface area contributed by atoms with Crippen LogP contribution in [0.4, 0.5) is 5.69 Å². The molecule has 0 aliphatic carbocycles. The van der Waals surface area contributed by atoms with E-state index in [2.05, 4.69) is 32.7 Å². The molecule has 1 aromatic carbocycles. The molecule has 0 aromatic heterocycles. The van der Waals surface area contributed by atoms with Gasteiger partial charge in [-0.05, 0) is 30.5 Å². The van der Waals surface area contributed by atoms with Gasteiger partial charge in [0.1, 0.15) is 0 Å². The number of nitrogens with two attached hydrogens (primary N) is 1. The molecule has 0 aliphatic rings. The third-order valence-electron chi connectivity index (χ3n) is 3.22. The average Bonchev–Trinajstić information content (AvgIpc) is 2.26. The summed E-state index contributed by atoms with van der Waals surface area (Å²) in [4.78, 5) is 2.25. The van der Waals surface area contributed by atoms with E-state index < -0.39 is 0 Å². The zero-order chi connectivity index (χ0) is 12.3. The molecule has 0 saturated heterocycles. The minimum absolute atomic E-state index is 0.462. The third kappa shape index (κ3) is 2.89. The molecule has 0 bridgehead atoms. The van der Waals surface area contributed by atoms with Crippen LogP contribution in [-0.2, 0) is 6.54 Å². The maximum atomic E-state index is 6.03. The van der Waals surface area contributed by atoms with Crippen molar-refractivity contribution in [3.8, 4) is 0 Å². The van der Waals surface area contributed by atoms with Crippen molar-refractivity contribution in [1.29, 1.82) is 0 Å². The van der Waals surface area contributed by atoms with Crippen molar-refractivity contribution in [2.75, 3.05) is 11.9 Å². The number of rotatable bonds is 4. The van der Waals surface area contributed by atoms with Crippen molar-refractivity contribution in [3.63, 3.8) is 0 Å². The molecule has 2 N–H and O–H groups in total. The lowest BCUT2D eigenvalue weighted by molar-refractivity contribution is 0.505. The number of anilines is 1. The van der Waals surface area contributed by atoms with Crippen molar-refractivity contribution in [3.05, 3.63) is 28.8 Å². The molecule has 1 unspecified atom stereocenters. The molecule has 0 amide bonds. The minimum atomic E-state index is 0.462. The van der Waals surface area contributed by atoms with Crippen molar-refractivity contribution < 1.29 is 0 Å². The molecule has 16 heavy (non-hydrogen) atoms. The molecule has 0 spiro atoms. The summed E-state index contributed by atoms with van der Waals surface area (Å²) in [7, 11) is 2.09. The van der Waals surface area contributed by atoms with Crippen LogP contribution in [0.5, 0.6) is 0 Å². The first kappa shape index (κ1) is 13.3. The second-order valence-electron chi connectivity index (χ2n) is 4.57. The van der Waals surface area contributed by atoms with E-state index in [-0.39, 0.29) is 0 Å². The summed E-state index contributed by atoms with van der Waals surface area (Å²) < 4.78 is 0. The van der Waals surface area contributed by atoms with Gasteiger partial charge in [0.25, 0.3) is 0 Å². The molecule has 2 nitrogen and oxygen atoms in total. The monoisotopic (exact) mass is 240 g/mol. The molecule has 90 valence electrons. The zero-order valence-corrected chi connectivity index (χ0v) is 11.3. The van der Waals surface area contributed by atoms with Crippen molar-refractivity contribution in [1.82, 2.24) is 0 Å². The van der Waals surface area contributed by atoms with Crippen LogP contribution in [0.25, 0.3) is 0 Å². The van der Waals surface area contributed by atoms with Gasteiger partial charge in [-0.2, -0.15) is 0 Å². The maximum Gasteiger partial charge on any atom is 0.0426 e. The first-order chi connectivity index (χ1) is 7.47. The molecule has 0 heterocycles. The predicted octanol–water partition coefficient (Wildman–Crippen LogP) is 3.28. The lowest BCUT2D eigenvalue weighted by Gasteiger charge is -2.31. The van der Waals surface area contributed by atoms with Gasteiger partial charge in [-0.25, -0.2) is 0 Å². The molecule has 1 aromatic rings. The molecule has 0 aliphatic heterocycles. The van der Waals surface area contributed by atoms with E-state index in [4.69, 9.17) is 17.3 Å². The van der Waals surface area contributed by atoms with Gasteiger partial charge >= 0.3 is 0 Å². The number of hydrogen-bond acceptors (Lipinski definition) is 2. The van der Waals surface area contributed by atoms with Gasteiger partial charge < -0.3 is 10.6 Å². The standard InChI is InChI=1S/C13H21ClN2/c1-9(2)10(3)16(4)13-7-12(14)6-5-11(13)8-15/h5-7,9-10H,8,15H2,1-4H3. The van der Waals surface area contributed by atoms with E-state index in [1.807, 2.05) is 18.2 Å². The Morgan fingerprint density at radius 2 is 1.94 bits per heavy atom.